The highest BCUT2D eigenvalue weighted by Crippen LogP contribution is 2.26. The summed E-state index contributed by atoms with van der Waals surface area (Å²) in [6.45, 7) is 7.33. The van der Waals surface area contributed by atoms with E-state index in [1.165, 1.54) is 12.8 Å². The van der Waals surface area contributed by atoms with Crippen molar-refractivity contribution in [2.24, 2.45) is 0 Å². The average Bonchev–Trinajstić information content (AvgIpc) is 2.67. The molecular formula is C21H30N2O3. The van der Waals surface area contributed by atoms with Crippen LogP contribution in [0, 0.1) is 13.8 Å². The molecule has 1 aromatic carbocycles. The lowest BCUT2D eigenvalue weighted by atomic mass is 10.0. The fraction of sp³-hybridized carbons (Fsp3) is 0.619. The molecule has 2 aliphatic heterocycles. The van der Waals surface area contributed by atoms with Crippen LogP contribution in [0.4, 0.5) is 0 Å². The highest BCUT2D eigenvalue weighted by Gasteiger charge is 2.21. The summed E-state index contributed by atoms with van der Waals surface area (Å²) in [4.78, 5) is 28.9. The van der Waals surface area contributed by atoms with Crippen molar-refractivity contribution >= 4 is 11.8 Å². The zero-order valence-electron chi connectivity index (χ0n) is 16.1. The van der Waals surface area contributed by atoms with Gasteiger partial charge in [-0.1, -0.05) is 0 Å². The SMILES string of the molecule is Cc1cc(C(=O)N2CCCCC2)cc(C)c1OCC(=O)N1CCCCC1. The first-order chi connectivity index (χ1) is 12.6. The Labute approximate surface area is 156 Å². The Morgan fingerprint density at radius 2 is 1.35 bits per heavy atom. The maximum Gasteiger partial charge on any atom is 0.260 e. The largest absolute Gasteiger partial charge is 0.483 e. The molecule has 0 aromatic heterocycles. The molecule has 0 bridgehead atoms. The van der Waals surface area contributed by atoms with Crippen molar-refractivity contribution in [2.75, 3.05) is 32.8 Å². The minimum Gasteiger partial charge on any atom is -0.483 e. The number of carbonyl (C=O) groups excluding carboxylic acids is 2. The lowest BCUT2D eigenvalue weighted by Crippen LogP contribution is -2.38. The van der Waals surface area contributed by atoms with Crippen molar-refractivity contribution in [3.63, 3.8) is 0 Å². The topological polar surface area (TPSA) is 49.9 Å². The predicted octanol–water partition coefficient (Wildman–Crippen LogP) is 3.32. The quantitative estimate of drug-likeness (QED) is 0.830. The molecule has 1 aromatic rings. The van der Waals surface area contributed by atoms with Crippen LogP contribution in [0.25, 0.3) is 0 Å². The van der Waals surface area contributed by atoms with Gasteiger partial charge in [-0.05, 0) is 75.6 Å². The third kappa shape index (κ3) is 4.37. The first-order valence-corrected chi connectivity index (χ1v) is 9.87. The van der Waals surface area contributed by atoms with E-state index in [0.717, 1.165) is 74.3 Å². The van der Waals surface area contributed by atoms with Crippen LogP contribution in [0.5, 0.6) is 5.75 Å². The Bertz CT molecular complexity index is 636. The molecule has 0 aliphatic carbocycles. The third-order valence-electron chi connectivity index (χ3n) is 5.40. The summed E-state index contributed by atoms with van der Waals surface area (Å²) in [5.41, 5.74) is 2.55. The van der Waals surface area contributed by atoms with Gasteiger partial charge in [0.25, 0.3) is 11.8 Å². The summed E-state index contributed by atoms with van der Waals surface area (Å²) in [7, 11) is 0. The van der Waals surface area contributed by atoms with Gasteiger partial charge in [0, 0.05) is 31.7 Å². The van der Waals surface area contributed by atoms with Gasteiger partial charge in [-0.2, -0.15) is 0 Å². The lowest BCUT2D eigenvalue weighted by Gasteiger charge is -2.28. The molecule has 0 N–H and O–H groups in total. The molecule has 0 radical (unpaired) electrons. The zero-order valence-corrected chi connectivity index (χ0v) is 16.1. The summed E-state index contributed by atoms with van der Waals surface area (Å²) < 4.78 is 5.85. The molecule has 2 saturated heterocycles. The molecule has 2 aliphatic rings. The van der Waals surface area contributed by atoms with Crippen LogP contribution in [0.1, 0.15) is 60.0 Å². The first kappa shape index (κ1) is 18.7. The molecule has 2 amide bonds. The maximum absolute atomic E-state index is 12.7. The van der Waals surface area contributed by atoms with E-state index >= 15 is 0 Å². The molecule has 142 valence electrons. The van der Waals surface area contributed by atoms with Gasteiger partial charge in [-0.25, -0.2) is 0 Å². The summed E-state index contributed by atoms with van der Waals surface area (Å²) in [5.74, 6) is 0.884. The van der Waals surface area contributed by atoms with E-state index in [-0.39, 0.29) is 18.4 Å². The van der Waals surface area contributed by atoms with Crippen LogP contribution in [0.2, 0.25) is 0 Å². The number of amides is 2. The minimum atomic E-state index is 0.0527. The van der Waals surface area contributed by atoms with E-state index < -0.39 is 0 Å². The number of benzene rings is 1. The van der Waals surface area contributed by atoms with Crippen LogP contribution >= 0.6 is 0 Å². The predicted molar refractivity (Wildman–Crippen MR) is 102 cm³/mol. The summed E-state index contributed by atoms with van der Waals surface area (Å²) in [6, 6.07) is 3.79. The number of rotatable bonds is 4. The van der Waals surface area contributed by atoms with Gasteiger partial charge in [0.15, 0.2) is 6.61 Å². The summed E-state index contributed by atoms with van der Waals surface area (Å²) in [6.07, 6.45) is 6.75. The average molecular weight is 358 g/mol. The zero-order chi connectivity index (χ0) is 18.5. The Morgan fingerprint density at radius 3 is 1.88 bits per heavy atom. The molecule has 0 spiro atoms. The second-order valence-corrected chi connectivity index (χ2v) is 7.52. The number of nitrogens with zero attached hydrogens (tertiary/aromatic N) is 2. The normalized spacial score (nSPS) is 17.9. The number of aryl methyl sites for hydroxylation is 2. The van der Waals surface area contributed by atoms with Gasteiger partial charge < -0.3 is 14.5 Å². The number of hydrogen-bond acceptors (Lipinski definition) is 3. The number of hydrogen-bond donors (Lipinski definition) is 0. The molecule has 3 rings (SSSR count). The Balaban J connectivity index is 1.65. The summed E-state index contributed by atoms with van der Waals surface area (Å²) in [5, 5.41) is 0. The van der Waals surface area contributed by atoms with Gasteiger partial charge >= 0.3 is 0 Å². The lowest BCUT2D eigenvalue weighted by molar-refractivity contribution is -0.134. The third-order valence-corrected chi connectivity index (χ3v) is 5.40. The molecule has 5 heteroatoms. The number of likely N-dealkylation sites (tertiary alicyclic amines) is 2. The van der Waals surface area contributed by atoms with E-state index in [4.69, 9.17) is 4.74 Å². The number of carbonyl (C=O) groups is 2. The van der Waals surface area contributed by atoms with Crippen LogP contribution in [-0.2, 0) is 4.79 Å². The molecule has 5 nitrogen and oxygen atoms in total. The van der Waals surface area contributed by atoms with E-state index in [2.05, 4.69) is 0 Å². The van der Waals surface area contributed by atoms with Crippen molar-refractivity contribution < 1.29 is 14.3 Å². The second-order valence-electron chi connectivity index (χ2n) is 7.52. The Hall–Kier alpha value is -2.04. The smallest absolute Gasteiger partial charge is 0.260 e. The van der Waals surface area contributed by atoms with E-state index in [1.807, 2.05) is 35.8 Å². The molecule has 2 fully saturated rings. The van der Waals surface area contributed by atoms with Crippen LogP contribution in [-0.4, -0.2) is 54.4 Å². The van der Waals surface area contributed by atoms with Crippen LogP contribution in [0.3, 0.4) is 0 Å². The molecular weight excluding hydrogens is 328 g/mol. The molecule has 0 atom stereocenters. The number of piperidine rings is 2. The van der Waals surface area contributed by atoms with Gasteiger partial charge in [0.1, 0.15) is 5.75 Å². The number of ether oxygens (including phenoxy) is 1. The van der Waals surface area contributed by atoms with Crippen molar-refractivity contribution in [1.82, 2.24) is 9.80 Å². The highest BCUT2D eigenvalue weighted by molar-refractivity contribution is 5.95. The first-order valence-electron chi connectivity index (χ1n) is 9.87. The fourth-order valence-electron chi connectivity index (χ4n) is 3.95. The second kappa shape index (κ2) is 8.56. The van der Waals surface area contributed by atoms with Gasteiger partial charge in [0.05, 0.1) is 0 Å². The molecule has 0 unspecified atom stereocenters. The molecule has 2 heterocycles. The van der Waals surface area contributed by atoms with Crippen LogP contribution < -0.4 is 4.74 Å². The Morgan fingerprint density at radius 1 is 0.846 bits per heavy atom. The maximum atomic E-state index is 12.7. The van der Waals surface area contributed by atoms with Crippen molar-refractivity contribution in [3.8, 4) is 5.75 Å². The molecule has 0 saturated carbocycles. The fourth-order valence-corrected chi connectivity index (χ4v) is 3.95. The highest BCUT2D eigenvalue weighted by atomic mass is 16.5. The van der Waals surface area contributed by atoms with Crippen molar-refractivity contribution in [1.29, 1.82) is 0 Å². The van der Waals surface area contributed by atoms with E-state index in [1.54, 1.807) is 0 Å². The van der Waals surface area contributed by atoms with Gasteiger partial charge in [0.2, 0.25) is 0 Å². The Kier molecular flexibility index (Phi) is 6.17. The van der Waals surface area contributed by atoms with Gasteiger partial charge in [-0.15, -0.1) is 0 Å². The van der Waals surface area contributed by atoms with Crippen molar-refractivity contribution in [2.45, 2.75) is 52.4 Å². The monoisotopic (exact) mass is 358 g/mol. The van der Waals surface area contributed by atoms with E-state index in [0.29, 0.717) is 0 Å². The summed E-state index contributed by atoms with van der Waals surface area (Å²) >= 11 is 0. The standard InChI is InChI=1S/C21H30N2O3/c1-16-13-18(21(25)23-11-7-4-8-12-23)14-17(2)20(16)26-15-19(24)22-9-5-3-6-10-22/h13-14H,3-12,15H2,1-2H3. The van der Waals surface area contributed by atoms with E-state index in [9.17, 15) is 9.59 Å². The minimum absolute atomic E-state index is 0.0527. The van der Waals surface area contributed by atoms with Crippen molar-refractivity contribution in [3.05, 3.63) is 28.8 Å². The van der Waals surface area contributed by atoms with Crippen LogP contribution in [0.15, 0.2) is 12.1 Å². The van der Waals surface area contributed by atoms with Gasteiger partial charge in [-0.3, -0.25) is 9.59 Å². The molecule has 26 heavy (non-hydrogen) atoms.